The fourth-order valence-electron chi connectivity index (χ4n) is 0.728. The number of oxime groups is 1. The van der Waals surface area contributed by atoms with Crippen molar-refractivity contribution in [1.82, 2.24) is 5.32 Å². The van der Waals surface area contributed by atoms with E-state index < -0.39 is 11.7 Å². The first-order chi connectivity index (χ1) is 7.60. The minimum Gasteiger partial charge on any atom is -0.444 e. The molecule has 6 heteroatoms. The molecule has 0 fully saturated rings. The Morgan fingerprint density at radius 1 is 1.35 bits per heavy atom. The summed E-state index contributed by atoms with van der Waals surface area (Å²) in [4.78, 5) is 16.2. The molecule has 0 saturated carbocycles. The molecular weight excluding hydrogens is 240 g/mol. The van der Waals surface area contributed by atoms with Gasteiger partial charge in [-0.05, 0) is 34.6 Å². The van der Waals surface area contributed by atoms with Crippen molar-refractivity contribution in [2.45, 2.75) is 45.0 Å². The Bertz CT molecular complexity index is 267. The molecule has 0 aromatic heterocycles. The Morgan fingerprint density at radius 2 is 1.94 bits per heavy atom. The topological polar surface area (TPSA) is 59.9 Å². The molecule has 0 aliphatic rings. The summed E-state index contributed by atoms with van der Waals surface area (Å²) >= 11 is 4.27. The lowest BCUT2D eigenvalue weighted by atomic mass is 10.2. The van der Waals surface area contributed by atoms with E-state index in [1.165, 1.54) is 6.21 Å². The van der Waals surface area contributed by atoms with E-state index in [4.69, 9.17) is 9.57 Å². The number of amides is 1. The van der Waals surface area contributed by atoms with Crippen LogP contribution in [0.4, 0.5) is 4.79 Å². The van der Waals surface area contributed by atoms with Crippen LogP contribution >= 0.6 is 12.6 Å². The van der Waals surface area contributed by atoms with E-state index in [0.717, 1.165) is 0 Å². The third-order valence-corrected chi connectivity index (χ3v) is 1.43. The summed E-state index contributed by atoms with van der Waals surface area (Å²) < 4.78 is 4.81. The van der Waals surface area contributed by atoms with Gasteiger partial charge in [0.05, 0.1) is 12.8 Å². The standard InChI is InChI=1S/C11H22N2O3S/c1-10(2,3)16-9(14)12-6-7-13-15-8-11(4,5)17/h7,17H,6,8H2,1-5H3,(H,12,14)/b13-7+. The zero-order chi connectivity index (χ0) is 13.5. The van der Waals surface area contributed by atoms with Gasteiger partial charge in [-0.2, -0.15) is 12.6 Å². The second-order valence-corrected chi connectivity index (χ2v) is 6.47. The second-order valence-electron chi connectivity index (χ2n) is 5.26. The SMILES string of the molecule is CC(C)(S)CO/N=C/CNC(=O)OC(C)(C)C. The van der Waals surface area contributed by atoms with Gasteiger partial charge in [-0.1, -0.05) is 5.16 Å². The Morgan fingerprint density at radius 3 is 2.41 bits per heavy atom. The predicted molar refractivity (Wildman–Crippen MR) is 71.7 cm³/mol. The molecule has 0 aromatic rings. The van der Waals surface area contributed by atoms with Crippen LogP contribution in [0.25, 0.3) is 0 Å². The normalized spacial score (nSPS) is 12.6. The maximum Gasteiger partial charge on any atom is 0.407 e. The van der Waals surface area contributed by atoms with Crippen molar-refractivity contribution in [1.29, 1.82) is 0 Å². The highest BCUT2D eigenvalue weighted by Crippen LogP contribution is 2.11. The van der Waals surface area contributed by atoms with Crippen LogP contribution in [0, 0.1) is 0 Å². The molecule has 0 atom stereocenters. The lowest BCUT2D eigenvalue weighted by Gasteiger charge is -2.19. The fourth-order valence-corrected chi connectivity index (χ4v) is 0.786. The highest BCUT2D eigenvalue weighted by molar-refractivity contribution is 7.81. The number of rotatable bonds is 5. The summed E-state index contributed by atoms with van der Waals surface area (Å²) in [7, 11) is 0. The maximum absolute atomic E-state index is 11.2. The van der Waals surface area contributed by atoms with Gasteiger partial charge in [0.25, 0.3) is 0 Å². The Balaban J connectivity index is 3.64. The zero-order valence-electron chi connectivity index (χ0n) is 11.1. The Kier molecular flexibility index (Phi) is 6.37. The van der Waals surface area contributed by atoms with E-state index in [0.29, 0.717) is 6.61 Å². The lowest BCUT2D eigenvalue weighted by molar-refractivity contribution is 0.0536. The molecule has 0 aliphatic heterocycles. The summed E-state index contributed by atoms with van der Waals surface area (Å²) in [6.45, 7) is 9.92. The number of nitrogens with one attached hydrogen (secondary N) is 1. The highest BCUT2D eigenvalue weighted by atomic mass is 32.1. The molecule has 0 radical (unpaired) electrons. The highest BCUT2D eigenvalue weighted by Gasteiger charge is 2.15. The van der Waals surface area contributed by atoms with Crippen LogP contribution in [0.1, 0.15) is 34.6 Å². The lowest BCUT2D eigenvalue weighted by Crippen LogP contribution is -2.33. The number of hydrogen-bond donors (Lipinski definition) is 2. The number of carbonyl (C=O) groups is 1. The van der Waals surface area contributed by atoms with Crippen molar-refractivity contribution in [2.24, 2.45) is 5.16 Å². The van der Waals surface area contributed by atoms with E-state index in [2.05, 4.69) is 23.1 Å². The Hall–Kier alpha value is -0.910. The molecule has 0 saturated heterocycles. The van der Waals surface area contributed by atoms with Crippen molar-refractivity contribution >= 4 is 24.9 Å². The molecule has 0 bridgehead atoms. The molecule has 0 aromatic carbocycles. The third-order valence-electron chi connectivity index (χ3n) is 1.30. The van der Waals surface area contributed by atoms with E-state index in [-0.39, 0.29) is 11.3 Å². The minimum atomic E-state index is -0.492. The van der Waals surface area contributed by atoms with Gasteiger partial charge in [0.1, 0.15) is 12.2 Å². The molecule has 5 nitrogen and oxygen atoms in total. The summed E-state index contributed by atoms with van der Waals surface area (Å²) in [6, 6.07) is 0. The van der Waals surface area contributed by atoms with Gasteiger partial charge in [-0.15, -0.1) is 0 Å². The van der Waals surface area contributed by atoms with Gasteiger partial charge in [-0.3, -0.25) is 0 Å². The smallest absolute Gasteiger partial charge is 0.407 e. The molecule has 1 N–H and O–H groups in total. The van der Waals surface area contributed by atoms with Gasteiger partial charge in [0, 0.05) is 4.75 Å². The predicted octanol–water partition coefficient (Wildman–Crippen LogP) is 2.22. The van der Waals surface area contributed by atoms with Crippen molar-refractivity contribution in [2.75, 3.05) is 13.2 Å². The van der Waals surface area contributed by atoms with Gasteiger partial charge in [0.2, 0.25) is 0 Å². The molecule has 0 rings (SSSR count). The quantitative estimate of drug-likeness (QED) is 0.454. The maximum atomic E-state index is 11.2. The Labute approximate surface area is 108 Å². The molecule has 0 aliphatic carbocycles. The van der Waals surface area contributed by atoms with Gasteiger partial charge in [-0.25, -0.2) is 4.79 Å². The van der Waals surface area contributed by atoms with Crippen LogP contribution < -0.4 is 5.32 Å². The van der Waals surface area contributed by atoms with Crippen molar-refractivity contribution < 1.29 is 14.4 Å². The molecule has 0 unspecified atom stereocenters. The first-order valence-corrected chi connectivity index (χ1v) is 5.88. The number of thiol groups is 1. The molecule has 0 spiro atoms. The third kappa shape index (κ3) is 13.0. The van der Waals surface area contributed by atoms with Crippen LogP contribution in [-0.4, -0.2) is 35.8 Å². The van der Waals surface area contributed by atoms with E-state index in [1.807, 2.05) is 13.8 Å². The van der Waals surface area contributed by atoms with Gasteiger partial charge < -0.3 is 14.9 Å². The van der Waals surface area contributed by atoms with Crippen LogP contribution in [-0.2, 0) is 9.57 Å². The number of nitrogens with zero attached hydrogens (tertiary/aromatic N) is 1. The molecule has 100 valence electrons. The van der Waals surface area contributed by atoms with Crippen LogP contribution in [0.5, 0.6) is 0 Å². The molecular formula is C11H22N2O3S. The average Bonchev–Trinajstić information content (AvgIpc) is 2.06. The van der Waals surface area contributed by atoms with Crippen molar-refractivity contribution in [3.63, 3.8) is 0 Å². The van der Waals surface area contributed by atoms with Crippen LogP contribution in [0.15, 0.2) is 5.16 Å². The first-order valence-electron chi connectivity index (χ1n) is 5.43. The van der Waals surface area contributed by atoms with Crippen molar-refractivity contribution in [3.8, 4) is 0 Å². The van der Waals surface area contributed by atoms with Crippen LogP contribution in [0.3, 0.4) is 0 Å². The van der Waals surface area contributed by atoms with Gasteiger partial charge in [0.15, 0.2) is 0 Å². The summed E-state index contributed by atoms with van der Waals surface area (Å²) in [5.74, 6) is 0. The number of alkyl carbamates (subject to hydrolysis) is 1. The number of carbonyl (C=O) groups excluding carboxylic acids is 1. The monoisotopic (exact) mass is 262 g/mol. The summed E-state index contributed by atoms with van der Waals surface area (Å²) in [6.07, 6.45) is 0.988. The largest absolute Gasteiger partial charge is 0.444 e. The van der Waals surface area contributed by atoms with E-state index in [9.17, 15) is 4.79 Å². The average molecular weight is 262 g/mol. The number of hydrogen-bond acceptors (Lipinski definition) is 5. The molecule has 17 heavy (non-hydrogen) atoms. The van der Waals surface area contributed by atoms with Crippen molar-refractivity contribution in [3.05, 3.63) is 0 Å². The molecule has 0 heterocycles. The fraction of sp³-hybridized carbons (Fsp3) is 0.818. The zero-order valence-corrected chi connectivity index (χ0v) is 12.0. The summed E-state index contributed by atoms with van der Waals surface area (Å²) in [5, 5.41) is 6.21. The van der Waals surface area contributed by atoms with Crippen LogP contribution in [0.2, 0.25) is 0 Å². The second kappa shape index (κ2) is 6.74. The molecule has 1 amide bonds. The first kappa shape index (κ1) is 16.1. The van der Waals surface area contributed by atoms with E-state index >= 15 is 0 Å². The minimum absolute atomic E-state index is 0.226. The van der Waals surface area contributed by atoms with E-state index in [1.54, 1.807) is 20.8 Å². The number of ether oxygens (including phenoxy) is 1. The van der Waals surface area contributed by atoms with Gasteiger partial charge >= 0.3 is 6.09 Å². The summed E-state index contributed by atoms with van der Waals surface area (Å²) in [5.41, 5.74) is -0.492.